The first kappa shape index (κ1) is 28.6. The molecule has 0 aliphatic heterocycles. The van der Waals surface area contributed by atoms with Crippen molar-refractivity contribution < 1.29 is 51.3 Å². The zero-order valence-corrected chi connectivity index (χ0v) is 20.2. The van der Waals surface area contributed by atoms with Crippen molar-refractivity contribution in [3.05, 3.63) is 35.4 Å². The second kappa shape index (κ2) is 12.9. The molecule has 0 aromatic heterocycles. The van der Waals surface area contributed by atoms with Gasteiger partial charge in [-0.3, -0.25) is 9.59 Å². The van der Waals surface area contributed by atoms with Gasteiger partial charge in [0.1, 0.15) is 0 Å². The maximum atomic E-state index is 13.8. The molecule has 0 amide bonds. The number of ether oxygens (including phenoxy) is 4. The monoisotopic (exact) mass is 512 g/mol. The van der Waals surface area contributed by atoms with Crippen LogP contribution in [0.2, 0.25) is 0 Å². The van der Waals surface area contributed by atoms with E-state index in [1.54, 1.807) is 6.08 Å². The van der Waals surface area contributed by atoms with Gasteiger partial charge in [0.25, 0.3) is 0 Å². The Kier molecular flexibility index (Phi) is 10.2. The molecule has 0 unspecified atom stereocenters. The van der Waals surface area contributed by atoms with Gasteiger partial charge in [-0.05, 0) is 47.8 Å². The van der Waals surface area contributed by atoms with Gasteiger partial charge in [-0.15, -0.1) is 0 Å². The molecule has 1 aliphatic rings. The van der Waals surface area contributed by atoms with Gasteiger partial charge < -0.3 is 18.9 Å². The summed E-state index contributed by atoms with van der Waals surface area (Å²) in [5.74, 6) is -4.54. The number of unbranched alkanes of at least 4 members (excludes halogenated alkanes) is 4. The lowest BCUT2D eigenvalue weighted by molar-refractivity contribution is -0.153. The maximum absolute atomic E-state index is 13.8. The molecule has 8 nitrogen and oxygen atoms in total. The molecule has 2 rings (SSSR count). The van der Waals surface area contributed by atoms with E-state index in [1.807, 2.05) is 6.92 Å². The van der Waals surface area contributed by atoms with Crippen molar-refractivity contribution in [1.82, 2.24) is 0 Å². The molecule has 0 atom stereocenters. The number of rotatable bonds is 11. The van der Waals surface area contributed by atoms with Crippen LogP contribution >= 0.6 is 0 Å². The average molecular weight is 512 g/mol. The molecule has 1 aliphatic carbocycles. The van der Waals surface area contributed by atoms with Gasteiger partial charge in [0.2, 0.25) is 0 Å². The Bertz CT molecular complexity index is 1070. The van der Waals surface area contributed by atoms with Crippen LogP contribution in [0, 0.1) is 0 Å². The number of hydrogen-bond donors (Lipinski definition) is 0. The molecule has 0 bridgehead atoms. The fourth-order valence-corrected chi connectivity index (χ4v) is 3.35. The number of carbonyl (C=O) groups excluding carboxylic acids is 4. The molecular formula is C25H27F3O8. The lowest BCUT2D eigenvalue weighted by Gasteiger charge is -2.15. The summed E-state index contributed by atoms with van der Waals surface area (Å²) >= 11 is 0. The molecule has 0 radical (unpaired) electrons. The van der Waals surface area contributed by atoms with Crippen LogP contribution in [0.5, 0.6) is 11.5 Å². The van der Waals surface area contributed by atoms with Crippen LogP contribution < -0.4 is 9.47 Å². The van der Waals surface area contributed by atoms with Crippen LogP contribution in [-0.2, 0) is 28.7 Å². The van der Waals surface area contributed by atoms with E-state index >= 15 is 0 Å². The minimum Gasteiger partial charge on any atom is -0.454 e. The van der Waals surface area contributed by atoms with Crippen LogP contribution in [0.3, 0.4) is 0 Å². The van der Waals surface area contributed by atoms with Crippen LogP contribution in [-0.4, -0.2) is 43.3 Å². The maximum Gasteiger partial charge on any atom is 0.417 e. The Morgan fingerprint density at radius 3 is 1.83 bits per heavy atom. The summed E-state index contributed by atoms with van der Waals surface area (Å²) in [5, 5.41) is 0. The summed E-state index contributed by atoms with van der Waals surface area (Å²) in [6.07, 6.45) is 2.23. The first-order valence-electron chi connectivity index (χ1n) is 11.3. The van der Waals surface area contributed by atoms with E-state index in [0.29, 0.717) is 6.42 Å². The van der Waals surface area contributed by atoms with Crippen molar-refractivity contribution in [1.29, 1.82) is 0 Å². The van der Waals surface area contributed by atoms with Gasteiger partial charge >= 0.3 is 30.1 Å². The van der Waals surface area contributed by atoms with Gasteiger partial charge in [0.05, 0.1) is 5.57 Å². The second-order valence-corrected chi connectivity index (χ2v) is 7.92. The number of esters is 4. The van der Waals surface area contributed by atoms with Crippen molar-refractivity contribution in [2.75, 3.05) is 13.2 Å². The fourth-order valence-electron chi connectivity index (χ4n) is 3.35. The molecule has 36 heavy (non-hydrogen) atoms. The summed E-state index contributed by atoms with van der Waals surface area (Å²) in [5.41, 5.74) is -0.804. The normalized spacial score (nSPS) is 13.6. The minimum atomic E-state index is -4.71. The highest BCUT2D eigenvalue weighted by atomic mass is 19.4. The van der Waals surface area contributed by atoms with Gasteiger partial charge in [0.15, 0.2) is 24.7 Å². The average Bonchev–Trinajstić information content (AvgIpc) is 3.14. The summed E-state index contributed by atoms with van der Waals surface area (Å²) in [6, 6.07) is 2.09. The van der Waals surface area contributed by atoms with Crippen LogP contribution in [0.4, 0.5) is 13.2 Å². The Hall–Kier alpha value is -3.63. The smallest absolute Gasteiger partial charge is 0.417 e. The molecule has 0 saturated carbocycles. The highest BCUT2D eigenvalue weighted by Crippen LogP contribution is 2.48. The van der Waals surface area contributed by atoms with Gasteiger partial charge in [-0.25, -0.2) is 9.59 Å². The minimum absolute atomic E-state index is 0.132. The summed E-state index contributed by atoms with van der Waals surface area (Å²) < 4.78 is 60.7. The van der Waals surface area contributed by atoms with E-state index < -0.39 is 54.6 Å². The van der Waals surface area contributed by atoms with Crippen molar-refractivity contribution in [3.63, 3.8) is 0 Å². The standard InChI is InChI=1S/C25H27F3O8/c1-4-5-6-7-8-9-17-10-20(25(26,27)28)19-12-22(36-24(32)14-34-16(3)30)21(11-18(17)19)35-23(31)13-33-15(2)29/h9-12H,4-8,13-14H2,1-3H3/b17-9+. The van der Waals surface area contributed by atoms with E-state index in [0.717, 1.165) is 57.7 Å². The Morgan fingerprint density at radius 1 is 0.833 bits per heavy atom. The largest absolute Gasteiger partial charge is 0.454 e. The topological polar surface area (TPSA) is 105 Å². The molecular weight excluding hydrogens is 485 g/mol. The third-order valence-electron chi connectivity index (χ3n) is 4.95. The predicted octanol–water partition coefficient (Wildman–Crippen LogP) is 4.94. The lowest BCUT2D eigenvalue weighted by atomic mass is 10.0. The second-order valence-electron chi connectivity index (χ2n) is 7.92. The van der Waals surface area contributed by atoms with Gasteiger partial charge in [-0.2, -0.15) is 13.2 Å². The predicted molar refractivity (Wildman–Crippen MR) is 122 cm³/mol. The highest BCUT2D eigenvalue weighted by molar-refractivity contribution is 5.98. The van der Waals surface area contributed by atoms with Crippen LogP contribution in [0.15, 0.2) is 24.3 Å². The SMILES string of the molecule is CCCCCC/C=C1\C=C(C(F)(F)F)c2cc(OC(=O)COC(C)=O)c(OC(=O)COC(C)=O)cc21. The quantitative estimate of drug-likeness (QED) is 0.233. The van der Waals surface area contributed by atoms with E-state index in [2.05, 4.69) is 9.47 Å². The molecule has 0 spiro atoms. The van der Waals surface area contributed by atoms with E-state index in [-0.39, 0.29) is 22.4 Å². The molecule has 0 fully saturated rings. The third-order valence-corrected chi connectivity index (χ3v) is 4.95. The molecule has 1 aromatic rings. The number of allylic oxidation sites excluding steroid dienone is 4. The molecule has 196 valence electrons. The van der Waals surface area contributed by atoms with E-state index in [1.165, 1.54) is 0 Å². The summed E-state index contributed by atoms with van der Waals surface area (Å²) in [6.45, 7) is 2.61. The molecule has 0 heterocycles. The molecule has 0 saturated heterocycles. The molecule has 1 aromatic carbocycles. The Balaban J connectivity index is 2.46. The van der Waals surface area contributed by atoms with E-state index in [4.69, 9.17) is 9.47 Å². The molecule has 11 heteroatoms. The van der Waals surface area contributed by atoms with Gasteiger partial charge in [0, 0.05) is 13.8 Å². The van der Waals surface area contributed by atoms with Crippen LogP contribution in [0.1, 0.15) is 64.0 Å². The van der Waals surface area contributed by atoms with Crippen LogP contribution in [0.25, 0.3) is 11.1 Å². The first-order valence-corrected chi connectivity index (χ1v) is 11.3. The number of halogens is 3. The van der Waals surface area contributed by atoms with E-state index in [9.17, 15) is 32.3 Å². The number of benzene rings is 1. The Morgan fingerprint density at radius 2 is 1.36 bits per heavy atom. The highest BCUT2D eigenvalue weighted by Gasteiger charge is 2.40. The zero-order valence-electron chi connectivity index (χ0n) is 20.2. The van der Waals surface area contributed by atoms with Gasteiger partial charge in [-0.1, -0.05) is 32.3 Å². The van der Waals surface area contributed by atoms with Crippen molar-refractivity contribution in [2.24, 2.45) is 0 Å². The number of hydrogen-bond acceptors (Lipinski definition) is 8. The van der Waals surface area contributed by atoms with Crippen molar-refractivity contribution in [3.8, 4) is 11.5 Å². The Labute approximate surface area is 206 Å². The fraction of sp³-hybridized carbons (Fsp3) is 0.440. The number of alkyl halides is 3. The lowest BCUT2D eigenvalue weighted by Crippen LogP contribution is -2.20. The first-order chi connectivity index (χ1) is 16.9. The van der Waals surface area contributed by atoms with Crippen molar-refractivity contribution in [2.45, 2.75) is 59.1 Å². The summed E-state index contributed by atoms with van der Waals surface area (Å²) in [4.78, 5) is 46.1. The molecule has 0 N–H and O–H groups in total. The zero-order chi connectivity index (χ0) is 26.9. The summed E-state index contributed by atoms with van der Waals surface area (Å²) in [7, 11) is 0. The third kappa shape index (κ3) is 8.54. The number of carbonyl (C=O) groups is 4. The van der Waals surface area contributed by atoms with Crippen molar-refractivity contribution >= 4 is 35.0 Å². The number of fused-ring (bicyclic) bond motifs is 1.